The Kier molecular flexibility index (Phi) is 4.79. The van der Waals surface area contributed by atoms with E-state index in [2.05, 4.69) is 5.32 Å². The number of hydrogen-bond acceptors (Lipinski definition) is 5. The molecule has 1 heterocycles. The highest BCUT2D eigenvalue weighted by Gasteiger charge is 2.54. The van der Waals surface area contributed by atoms with E-state index in [-0.39, 0.29) is 16.4 Å². The normalized spacial score (nSPS) is 19.8. The van der Waals surface area contributed by atoms with Crippen molar-refractivity contribution in [3.63, 3.8) is 0 Å². The number of ether oxygens (including phenoxy) is 1. The molecule has 3 rings (SSSR count). The van der Waals surface area contributed by atoms with Gasteiger partial charge in [0.15, 0.2) is 0 Å². The quantitative estimate of drug-likeness (QED) is 0.828. The second-order valence-electron chi connectivity index (χ2n) is 8.51. The van der Waals surface area contributed by atoms with Crippen molar-refractivity contribution in [2.45, 2.75) is 56.7 Å². The SMILES string of the molecule is CC(C)(C)OC(=O)N1CC2(CC(NCc3ccc(S(N)(=O)=O)cc3)C2)C1. The number of carbonyl (C=O) groups is 1. The van der Waals surface area contributed by atoms with Crippen LogP contribution in [-0.2, 0) is 21.3 Å². The Balaban J connectivity index is 1.40. The van der Waals surface area contributed by atoms with Crippen LogP contribution in [0.1, 0.15) is 39.2 Å². The van der Waals surface area contributed by atoms with Gasteiger partial charge in [-0.05, 0) is 51.3 Å². The van der Waals surface area contributed by atoms with Gasteiger partial charge in [0.2, 0.25) is 10.0 Å². The first-order chi connectivity index (χ1) is 12.0. The predicted octanol–water partition coefficient (Wildman–Crippen LogP) is 1.82. The predicted molar refractivity (Wildman–Crippen MR) is 97.9 cm³/mol. The molecule has 7 nitrogen and oxygen atoms in total. The lowest BCUT2D eigenvalue weighted by molar-refractivity contribution is -0.0830. The Morgan fingerprint density at radius 2 is 1.85 bits per heavy atom. The van der Waals surface area contributed by atoms with Crippen LogP contribution in [0.15, 0.2) is 29.2 Å². The lowest BCUT2D eigenvalue weighted by atomic mass is 9.61. The molecule has 0 atom stereocenters. The van der Waals surface area contributed by atoms with Crippen LogP contribution in [0.2, 0.25) is 0 Å². The van der Waals surface area contributed by atoms with Gasteiger partial charge in [-0.1, -0.05) is 12.1 Å². The first-order valence-electron chi connectivity index (χ1n) is 8.79. The average Bonchev–Trinajstić information content (AvgIpc) is 2.41. The average molecular weight is 381 g/mol. The second kappa shape index (κ2) is 6.51. The molecule has 1 aromatic rings. The third-order valence-corrected chi connectivity index (χ3v) is 5.84. The van der Waals surface area contributed by atoms with Crippen LogP contribution in [0.3, 0.4) is 0 Å². The van der Waals surface area contributed by atoms with Gasteiger partial charge in [0.25, 0.3) is 0 Å². The maximum absolute atomic E-state index is 12.0. The van der Waals surface area contributed by atoms with E-state index in [4.69, 9.17) is 9.88 Å². The molecule has 3 N–H and O–H groups in total. The smallest absolute Gasteiger partial charge is 0.410 e. The summed E-state index contributed by atoms with van der Waals surface area (Å²) in [5.41, 5.74) is 0.802. The minimum atomic E-state index is -3.64. The van der Waals surface area contributed by atoms with Gasteiger partial charge in [-0.15, -0.1) is 0 Å². The number of rotatable bonds is 4. The summed E-state index contributed by atoms with van der Waals surface area (Å²) >= 11 is 0. The van der Waals surface area contributed by atoms with Crippen LogP contribution in [0.4, 0.5) is 4.79 Å². The standard InChI is InChI=1S/C18H27N3O4S/c1-17(2,3)25-16(22)21-11-18(12-21)8-14(9-18)20-10-13-4-6-15(7-5-13)26(19,23)24/h4-7,14,20H,8-12H2,1-3H3,(H2,19,23,24). The van der Waals surface area contributed by atoms with Crippen molar-refractivity contribution in [2.75, 3.05) is 13.1 Å². The van der Waals surface area contributed by atoms with E-state index in [1.54, 1.807) is 17.0 Å². The van der Waals surface area contributed by atoms with Crippen molar-refractivity contribution in [2.24, 2.45) is 10.6 Å². The van der Waals surface area contributed by atoms with Crippen molar-refractivity contribution >= 4 is 16.1 Å². The van der Waals surface area contributed by atoms with Crippen molar-refractivity contribution in [1.82, 2.24) is 10.2 Å². The summed E-state index contributed by atoms with van der Waals surface area (Å²) in [5, 5.41) is 8.58. The monoisotopic (exact) mass is 381 g/mol. The van der Waals surface area contributed by atoms with Crippen molar-refractivity contribution in [3.05, 3.63) is 29.8 Å². The molecule has 1 aromatic carbocycles. The van der Waals surface area contributed by atoms with Gasteiger partial charge in [0.1, 0.15) is 5.60 Å². The molecule has 0 aromatic heterocycles. The van der Waals surface area contributed by atoms with Crippen LogP contribution in [0, 0.1) is 5.41 Å². The number of hydrogen-bond donors (Lipinski definition) is 2. The molecule has 0 radical (unpaired) electrons. The summed E-state index contributed by atoms with van der Waals surface area (Å²) < 4.78 is 27.9. The zero-order valence-electron chi connectivity index (χ0n) is 15.5. The van der Waals surface area contributed by atoms with Crippen LogP contribution < -0.4 is 10.5 Å². The van der Waals surface area contributed by atoms with Crippen LogP contribution in [-0.4, -0.2) is 44.1 Å². The second-order valence-corrected chi connectivity index (χ2v) is 10.1. The van der Waals surface area contributed by atoms with Crippen molar-refractivity contribution in [1.29, 1.82) is 0 Å². The van der Waals surface area contributed by atoms with E-state index in [0.717, 1.165) is 31.5 Å². The Bertz CT molecular complexity index is 770. The highest BCUT2D eigenvalue weighted by Crippen LogP contribution is 2.48. The van der Waals surface area contributed by atoms with E-state index in [9.17, 15) is 13.2 Å². The van der Waals surface area contributed by atoms with Gasteiger partial charge in [-0.3, -0.25) is 0 Å². The lowest BCUT2D eigenvalue weighted by Crippen LogP contribution is -2.67. The van der Waals surface area contributed by atoms with Crippen molar-refractivity contribution in [3.8, 4) is 0 Å². The third-order valence-electron chi connectivity index (χ3n) is 4.91. The number of sulfonamides is 1. The summed E-state index contributed by atoms with van der Waals surface area (Å²) in [6.07, 6.45) is 1.86. The Morgan fingerprint density at radius 3 is 2.35 bits per heavy atom. The highest BCUT2D eigenvalue weighted by molar-refractivity contribution is 7.89. The number of benzene rings is 1. The molecule has 2 fully saturated rings. The van der Waals surface area contributed by atoms with E-state index in [0.29, 0.717) is 12.6 Å². The molecule has 0 bridgehead atoms. The molecule has 1 aliphatic heterocycles. The number of nitrogens with one attached hydrogen (secondary N) is 1. The van der Waals surface area contributed by atoms with Gasteiger partial charge < -0.3 is 15.0 Å². The largest absolute Gasteiger partial charge is 0.444 e. The van der Waals surface area contributed by atoms with Gasteiger partial charge in [-0.2, -0.15) is 0 Å². The molecule has 2 aliphatic rings. The van der Waals surface area contributed by atoms with Gasteiger partial charge in [0, 0.05) is 31.1 Å². The number of nitrogens with two attached hydrogens (primary N) is 1. The maximum Gasteiger partial charge on any atom is 0.410 e. The third kappa shape index (κ3) is 4.36. The molecule has 1 spiro atoms. The first kappa shape index (κ1) is 19.1. The Morgan fingerprint density at radius 1 is 1.27 bits per heavy atom. The molecule has 1 saturated heterocycles. The summed E-state index contributed by atoms with van der Waals surface area (Å²) in [6, 6.07) is 7.02. The first-order valence-corrected chi connectivity index (χ1v) is 10.3. The van der Waals surface area contributed by atoms with Crippen LogP contribution >= 0.6 is 0 Å². The molecular weight excluding hydrogens is 354 g/mol. The topological polar surface area (TPSA) is 102 Å². The zero-order valence-corrected chi connectivity index (χ0v) is 16.3. The molecule has 144 valence electrons. The van der Waals surface area contributed by atoms with Gasteiger partial charge in [-0.25, -0.2) is 18.4 Å². The number of carbonyl (C=O) groups excluding carboxylic acids is 1. The molecular formula is C18H27N3O4S. The zero-order chi connectivity index (χ0) is 19.2. The van der Waals surface area contributed by atoms with E-state index in [1.807, 2.05) is 20.8 Å². The van der Waals surface area contributed by atoms with Crippen molar-refractivity contribution < 1.29 is 17.9 Å². The van der Waals surface area contributed by atoms with Crippen LogP contribution in [0.25, 0.3) is 0 Å². The number of likely N-dealkylation sites (tertiary alicyclic amines) is 1. The summed E-state index contributed by atoms with van der Waals surface area (Å²) in [7, 11) is -3.64. The molecule has 1 aliphatic carbocycles. The molecule has 1 amide bonds. The van der Waals surface area contributed by atoms with E-state index >= 15 is 0 Å². The van der Waals surface area contributed by atoms with Gasteiger partial charge >= 0.3 is 6.09 Å². The molecule has 8 heteroatoms. The minimum absolute atomic E-state index is 0.126. The number of primary sulfonamides is 1. The summed E-state index contributed by atoms with van der Waals surface area (Å²) in [4.78, 5) is 13.9. The fraction of sp³-hybridized carbons (Fsp3) is 0.611. The number of nitrogens with zero attached hydrogens (tertiary/aromatic N) is 1. The Hall–Kier alpha value is -1.64. The molecule has 26 heavy (non-hydrogen) atoms. The van der Waals surface area contributed by atoms with E-state index in [1.165, 1.54) is 12.1 Å². The fourth-order valence-electron chi connectivity index (χ4n) is 3.67. The number of amides is 1. The lowest BCUT2D eigenvalue weighted by Gasteiger charge is -2.58. The Labute approximate surface area is 154 Å². The molecule has 1 saturated carbocycles. The van der Waals surface area contributed by atoms with Gasteiger partial charge in [0.05, 0.1) is 4.90 Å². The highest BCUT2D eigenvalue weighted by atomic mass is 32.2. The van der Waals surface area contributed by atoms with E-state index < -0.39 is 15.6 Å². The fourth-order valence-corrected chi connectivity index (χ4v) is 4.18. The van der Waals surface area contributed by atoms with Crippen LogP contribution in [0.5, 0.6) is 0 Å². The maximum atomic E-state index is 12.0. The summed E-state index contributed by atoms with van der Waals surface area (Å²) in [5.74, 6) is 0. The summed E-state index contributed by atoms with van der Waals surface area (Å²) in [6.45, 7) is 7.84. The minimum Gasteiger partial charge on any atom is -0.444 e. The molecule has 0 unspecified atom stereocenters.